The highest BCUT2D eigenvalue weighted by atomic mass is 35.5. The number of rotatable bonds is 2. The van der Waals surface area contributed by atoms with Crippen LogP contribution in [0, 0.1) is 0 Å². The zero-order chi connectivity index (χ0) is 9.99. The number of hydrogen-bond donors (Lipinski definition) is 2. The summed E-state index contributed by atoms with van der Waals surface area (Å²) in [6.07, 6.45) is 0. The van der Waals surface area contributed by atoms with Crippen molar-refractivity contribution >= 4 is 18.4 Å². The van der Waals surface area contributed by atoms with E-state index in [0.29, 0.717) is 0 Å². The van der Waals surface area contributed by atoms with Crippen molar-refractivity contribution in [1.29, 1.82) is 0 Å². The minimum atomic E-state index is -1.08. The molecule has 0 aromatic heterocycles. The number of carbonyl (C=O) groups excluding carboxylic acids is 1. The van der Waals surface area contributed by atoms with Crippen molar-refractivity contribution in [3.8, 4) is 0 Å². The summed E-state index contributed by atoms with van der Waals surface area (Å²) in [5, 5.41) is 0. The third kappa shape index (κ3) is 5.85. The maximum absolute atomic E-state index is 11.3. The van der Waals surface area contributed by atoms with Crippen LogP contribution in [-0.4, -0.2) is 23.7 Å². The molecule has 1 atom stereocenters. The van der Waals surface area contributed by atoms with Crippen molar-refractivity contribution < 1.29 is 9.53 Å². The fourth-order valence-electron chi connectivity index (χ4n) is 0.478. The number of hydrogen-bond acceptors (Lipinski definition) is 4. The van der Waals surface area contributed by atoms with Crippen LogP contribution in [0.4, 0.5) is 0 Å². The van der Waals surface area contributed by atoms with Gasteiger partial charge in [0.15, 0.2) is 0 Å². The molecule has 4 nitrogen and oxygen atoms in total. The Morgan fingerprint density at radius 2 is 1.69 bits per heavy atom. The van der Waals surface area contributed by atoms with Gasteiger partial charge in [-0.15, -0.1) is 12.4 Å². The fourth-order valence-corrected chi connectivity index (χ4v) is 0.478. The van der Waals surface area contributed by atoms with Gasteiger partial charge in [-0.25, -0.2) is 4.79 Å². The van der Waals surface area contributed by atoms with E-state index in [-0.39, 0.29) is 19.0 Å². The van der Waals surface area contributed by atoms with Crippen molar-refractivity contribution in [2.24, 2.45) is 11.5 Å². The standard InChI is InChI=1S/C8H18N2O2.ClH/c1-7(2,3)12-6(11)8(4,10)5-9;/h5,9-10H2,1-4H3;1H/t8-;/m0./s1. The van der Waals surface area contributed by atoms with Gasteiger partial charge in [-0.05, 0) is 27.7 Å². The Bertz CT molecular complexity index is 175. The Morgan fingerprint density at radius 3 is 1.92 bits per heavy atom. The largest absolute Gasteiger partial charge is 0.459 e. The highest BCUT2D eigenvalue weighted by Crippen LogP contribution is 2.11. The average Bonchev–Trinajstić information content (AvgIpc) is 1.84. The van der Waals surface area contributed by atoms with E-state index in [1.807, 2.05) is 0 Å². The Balaban J connectivity index is 0. The van der Waals surface area contributed by atoms with E-state index in [2.05, 4.69) is 0 Å². The molecule has 0 aliphatic rings. The number of esters is 1. The van der Waals surface area contributed by atoms with Gasteiger partial charge < -0.3 is 16.2 Å². The molecule has 0 aromatic rings. The highest BCUT2D eigenvalue weighted by molar-refractivity contribution is 5.85. The molecule has 0 heterocycles. The molecule has 4 N–H and O–H groups in total. The second-order valence-corrected chi connectivity index (χ2v) is 4.12. The second-order valence-electron chi connectivity index (χ2n) is 4.12. The summed E-state index contributed by atoms with van der Waals surface area (Å²) < 4.78 is 5.05. The normalized spacial score (nSPS) is 15.5. The fraction of sp³-hybridized carbons (Fsp3) is 0.875. The number of halogens is 1. The number of carbonyl (C=O) groups is 1. The second kappa shape index (κ2) is 4.79. The zero-order valence-electron chi connectivity index (χ0n) is 8.59. The molecular weight excluding hydrogens is 192 g/mol. The molecule has 80 valence electrons. The van der Waals surface area contributed by atoms with E-state index in [9.17, 15) is 4.79 Å². The third-order valence-corrected chi connectivity index (χ3v) is 1.29. The first-order valence-corrected chi connectivity index (χ1v) is 3.91. The number of nitrogens with two attached hydrogens (primary N) is 2. The van der Waals surface area contributed by atoms with Gasteiger partial charge in [0.25, 0.3) is 0 Å². The van der Waals surface area contributed by atoms with Gasteiger partial charge in [-0.1, -0.05) is 0 Å². The molecule has 0 rings (SSSR count). The lowest BCUT2D eigenvalue weighted by atomic mass is 10.0. The number of ether oxygens (including phenoxy) is 1. The first kappa shape index (κ1) is 15.2. The van der Waals surface area contributed by atoms with E-state index < -0.39 is 17.1 Å². The summed E-state index contributed by atoms with van der Waals surface area (Å²) in [7, 11) is 0. The molecule has 0 bridgehead atoms. The van der Waals surface area contributed by atoms with Crippen LogP contribution in [0.3, 0.4) is 0 Å². The van der Waals surface area contributed by atoms with Crippen molar-refractivity contribution in [3.63, 3.8) is 0 Å². The van der Waals surface area contributed by atoms with Gasteiger partial charge in [0, 0.05) is 6.54 Å². The van der Waals surface area contributed by atoms with Crippen LogP contribution >= 0.6 is 12.4 Å². The van der Waals surface area contributed by atoms with E-state index in [0.717, 1.165) is 0 Å². The van der Waals surface area contributed by atoms with Crippen molar-refractivity contribution in [2.75, 3.05) is 6.54 Å². The summed E-state index contributed by atoms with van der Waals surface area (Å²) >= 11 is 0. The smallest absolute Gasteiger partial charge is 0.327 e. The van der Waals surface area contributed by atoms with Crippen LogP contribution in [-0.2, 0) is 9.53 Å². The van der Waals surface area contributed by atoms with E-state index in [1.165, 1.54) is 0 Å². The maximum Gasteiger partial charge on any atom is 0.327 e. The summed E-state index contributed by atoms with van der Waals surface area (Å²) in [6.45, 7) is 7.01. The molecule has 0 saturated heterocycles. The maximum atomic E-state index is 11.3. The van der Waals surface area contributed by atoms with Crippen LogP contribution in [0.1, 0.15) is 27.7 Å². The topological polar surface area (TPSA) is 78.3 Å². The van der Waals surface area contributed by atoms with E-state index >= 15 is 0 Å². The molecule has 0 radical (unpaired) electrons. The lowest BCUT2D eigenvalue weighted by Gasteiger charge is -2.27. The molecule has 0 amide bonds. The van der Waals surface area contributed by atoms with E-state index in [4.69, 9.17) is 16.2 Å². The lowest BCUT2D eigenvalue weighted by molar-refractivity contribution is -0.160. The SMILES string of the molecule is CC(C)(C)OC(=O)[C@@](C)(N)CN.Cl. The quantitative estimate of drug-likeness (QED) is 0.648. The van der Waals surface area contributed by atoms with Crippen LogP contribution < -0.4 is 11.5 Å². The summed E-state index contributed by atoms with van der Waals surface area (Å²) in [5.41, 5.74) is 9.28. The van der Waals surface area contributed by atoms with Crippen LogP contribution in [0.5, 0.6) is 0 Å². The van der Waals surface area contributed by atoms with Crippen LogP contribution in [0.15, 0.2) is 0 Å². The molecule has 13 heavy (non-hydrogen) atoms. The lowest BCUT2D eigenvalue weighted by Crippen LogP contribution is -2.53. The Hall–Kier alpha value is -0.320. The molecule has 0 saturated carbocycles. The van der Waals surface area contributed by atoms with Crippen molar-refractivity contribution in [1.82, 2.24) is 0 Å². The van der Waals surface area contributed by atoms with Gasteiger partial charge in [0.1, 0.15) is 11.1 Å². The summed E-state index contributed by atoms with van der Waals surface area (Å²) in [4.78, 5) is 11.3. The molecule has 0 aliphatic carbocycles. The average molecular weight is 211 g/mol. The van der Waals surface area contributed by atoms with Gasteiger partial charge >= 0.3 is 5.97 Å². The minimum absolute atomic E-state index is 0. The molecule has 0 spiro atoms. The molecule has 0 aromatic carbocycles. The van der Waals surface area contributed by atoms with E-state index in [1.54, 1.807) is 27.7 Å². The minimum Gasteiger partial charge on any atom is -0.459 e. The van der Waals surface area contributed by atoms with Gasteiger partial charge in [-0.3, -0.25) is 0 Å². The van der Waals surface area contributed by atoms with Crippen molar-refractivity contribution in [2.45, 2.75) is 38.8 Å². The molecule has 5 heteroatoms. The predicted octanol–water partition coefficient (Wildman–Crippen LogP) is 0.426. The molecule has 0 fully saturated rings. The van der Waals surface area contributed by atoms with Gasteiger partial charge in [-0.2, -0.15) is 0 Å². The summed E-state index contributed by atoms with van der Waals surface area (Å²) in [5.74, 6) is -0.461. The van der Waals surface area contributed by atoms with Gasteiger partial charge in [0.05, 0.1) is 0 Å². The van der Waals surface area contributed by atoms with Crippen molar-refractivity contribution in [3.05, 3.63) is 0 Å². The molecule has 0 aliphatic heterocycles. The Morgan fingerprint density at radius 1 is 1.31 bits per heavy atom. The molecular formula is C8H19ClN2O2. The predicted molar refractivity (Wildman–Crippen MR) is 54.7 cm³/mol. The first-order chi connectivity index (χ1) is 5.19. The monoisotopic (exact) mass is 210 g/mol. The Labute approximate surface area is 85.4 Å². The summed E-state index contributed by atoms with van der Waals surface area (Å²) in [6, 6.07) is 0. The van der Waals surface area contributed by atoms with Crippen LogP contribution in [0.2, 0.25) is 0 Å². The third-order valence-electron chi connectivity index (χ3n) is 1.29. The zero-order valence-corrected chi connectivity index (χ0v) is 9.40. The first-order valence-electron chi connectivity index (χ1n) is 3.91. The highest BCUT2D eigenvalue weighted by Gasteiger charge is 2.31. The Kier molecular flexibility index (Phi) is 5.59. The molecule has 0 unspecified atom stereocenters. The van der Waals surface area contributed by atoms with Crippen LogP contribution in [0.25, 0.3) is 0 Å². The van der Waals surface area contributed by atoms with Gasteiger partial charge in [0.2, 0.25) is 0 Å².